The van der Waals surface area contributed by atoms with Gasteiger partial charge in [-0.05, 0) is 53.9 Å². The van der Waals surface area contributed by atoms with E-state index in [0.717, 1.165) is 11.1 Å². The molecule has 2 aromatic carbocycles. The van der Waals surface area contributed by atoms with Crippen LogP contribution in [-0.4, -0.2) is 31.1 Å². The van der Waals surface area contributed by atoms with E-state index in [9.17, 15) is 9.90 Å². The minimum Gasteiger partial charge on any atom is -0.508 e. The van der Waals surface area contributed by atoms with E-state index in [2.05, 4.69) is 5.32 Å². The van der Waals surface area contributed by atoms with Crippen LogP contribution in [0.2, 0.25) is 0 Å². The average molecular weight is 353 g/mol. The first-order chi connectivity index (χ1) is 12.2. The highest BCUT2D eigenvalue weighted by atomic mass is 32.1. The molecule has 1 aromatic heterocycles. The Hall–Kier alpha value is -2.63. The average Bonchev–Trinajstić information content (AvgIpc) is 3.17. The van der Waals surface area contributed by atoms with E-state index in [1.165, 1.54) is 11.3 Å². The molecule has 0 amide bonds. The molecule has 128 valence electrons. The second-order valence-electron chi connectivity index (χ2n) is 5.52. The number of thiophene rings is 1. The number of hydrogen-bond donors (Lipinski definition) is 2. The maximum Gasteiger partial charge on any atom is 0.206 e. The fraction of sp³-hybridized carbons (Fsp3) is 0.150. The smallest absolute Gasteiger partial charge is 0.206 e. The maximum absolute atomic E-state index is 12.9. The summed E-state index contributed by atoms with van der Waals surface area (Å²) in [6.07, 6.45) is 0. The van der Waals surface area contributed by atoms with Crippen LogP contribution < -0.4 is 10.1 Å². The van der Waals surface area contributed by atoms with Gasteiger partial charge in [0.05, 0.1) is 10.4 Å². The Bertz CT molecular complexity index is 842. The van der Waals surface area contributed by atoms with E-state index in [1.807, 2.05) is 54.9 Å². The topological polar surface area (TPSA) is 58.6 Å². The summed E-state index contributed by atoms with van der Waals surface area (Å²) < 4.78 is 5.79. The van der Waals surface area contributed by atoms with Crippen molar-refractivity contribution in [3.05, 3.63) is 70.4 Å². The Morgan fingerprint density at radius 2 is 1.88 bits per heavy atom. The quantitative estimate of drug-likeness (QED) is 0.499. The molecule has 0 aliphatic rings. The van der Waals surface area contributed by atoms with Crippen LogP contribution in [0, 0.1) is 0 Å². The lowest BCUT2D eigenvalue weighted by Crippen LogP contribution is -2.17. The van der Waals surface area contributed by atoms with Gasteiger partial charge in [0.1, 0.15) is 18.1 Å². The molecule has 2 N–H and O–H groups in total. The van der Waals surface area contributed by atoms with Crippen LogP contribution in [0.15, 0.2) is 60.0 Å². The molecule has 0 aliphatic heterocycles. The summed E-state index contributed by atoms with van der Waals surface area (Å²) >= 11 is 1.42. The van der Waals surface area contributed by atoms with E-state index >= 15 is 0 Å². The normalized spacial score (nSPS) is 10.6. The van der Waals surface area contributed by atoms with Crippen molar-refractivity contribution in [2.75, 3.05) is 20.2 Å². The number of aromatic hydroxyl groups is 1. The molecule has 3 rings (SSSR count). The third-order valence-corrected chi connectivity index (χ3v) is 4.65. The molecular weight excluding hydrogens is 334 g/mol. The van der Waals surface area contributed by atoms with Gasteiger partial charge in [-0.25, -0.2) is 0 Å². The lowest BCUT2D eigenvalue weighted by molar-refractivity contribution is 0.103. The fourth-order valence-electron chi connectivity index (χ4n) is 2.47. The number of carbonyl (C=O) groups is 1. The summed E-state index contributed by atoms with van der Waals surface area (Å²) in [5.74, 6) is 0.747. The number of ketones is 1. The van der Waals surface area contributed by atoms with Gasteiger partial charge in [-0.1, -0.05) is 24.3 Å². The van der Waals surface area contributed by atoms with Crippen LogP contribution in [-0.2, 0) is 0 Å². The molecule has 0 fully saturated rings. The zero-order chi connectivity index (χ0) is 17.6. The minimum absolute atomic E-state index is 0.0462. The first kappa shape index (κ1) is 17.2. The van der Waals surface area contributed by atoms with Crippen LogP contribution in [0.1, 0.15) is 15.2 Å². The molecule has 5 heteroatoms. The molecule has 0 saturated carbocycles. The highest BCUT2D eigenvalue weighted by molar-refractivity contribution is 7.12. The number of phenolic OH excluding ortho intramolecular Hbond substituents is 1. The SMILES string of the molecule is CNCCOc1ccc(-c2ccc(O)cc2)cc1C(=O)c1cccs1. The third-order valence-electron chi connectivity index (χ3n) is 3.78. The fourth-order valence-corrected chi connectivity index (χ4v) is 3.15. The molecule has 4 nitrogen and oxygen atoms in total. The van der Waals surface area contributed by atoms with Crippen molar-refractivity contribution >= 4 is 17.1 Å². The van der Waals surface area contributed by atoms with Gasteiger partial charge in [-0.2, -0.15) is 0 Å². The summed E-state index contributed by atoms with van der Waals surface area (Å²) in [6.45, 7) is 1.19. The Morgan fingerprint density at radius 3 is 2.56 bits per heavy atom. The molecule has 0 unspecified atom stereocenters. The minimum atomic E-state index is -0.0462. The maximum atomic E-state index is 12.9. The van der Waals surface area contributed by atoms with E-state index in [-0.39, 0.29) is 11.5 Å². The molecule has 0 bridgehead atoms. The van der Waals surface area contributed by atoms with Gasteiger partial charge in [-0.15, -0.1) is 11.3 Å². The van der Waals surface area contributed by atoms with Crippen molar-refractivity contribution in [3.8, 4) is 22.6 Å². The standard InChI is InChI=1S/C20H19NO3S/c1-21-10-11-24-18-9-6-15(14-4-7-16(22)8-5-14)13-17(18)20(23)19-3-2-12-25-19/h2-9,12-13,21-22H,10-11H2,1H3. The second-order valence-corrected chi connectivity index (χ2v) is 6.46. The monoisotopic (exact) mass is 353 g/mol. The van der Waals surface area contributed by atoms with Crippen molar-refractivity contribution in [1.82, 2.24) is 5.32 Å². The predicted molar refractivity (Wildman–Crippen MR) is 101 cm³/mol. The number of hydrogen-bond acceptors (Lipinski definition) is 5. The lowest BCUT2D eigenvalue weighted by atomic mass is 9.99. The van der Waals surface area contributed by atoms with Crippen LogP contribution in [0.25, 0.3) is 11.1 Å². The first-order valence-corrected chi connectivity index (χ1v) is 8.86. The number of rotatable bonds is 7. The summed E-state index contributed by atoms with van der Waals surface area (Å²) in [6, 6.07) is 16.2. The molecular formula is C20H19NO3S. The number of benzene rings is 2. The van der Waals surface area contributed by atoms with Crippen LogP contribution in [0.4, 0.5) is 0 Å². The van der Waals surface area contributed by atoms with Gasteiger partial charge >= 0.3 is 0 Å². The summed E-state index contributed by atoms with van der Waals surface area (Å²) in [7, 11) is 1.86. The molecule has 3 aromatic rings. The Kier molecular flexibility index (Phi) is 5.48. The van der Waals surface area contributed by atoms with Gasteiger partial charge in [0.25, 0.3) is 0 Å². The highest BCUT2D eigenvalue weighted by Gasteiger charge is 2.17. The van der Waals surface area contributed by atoms with Gasteiger partial charge in [0.15, 0.2) is 0 Å². The van der Waals surface area contributed by atoms with Gasteiger partial charge in [0, 0.05) is 6.54 Å². The van der Waals surface area contributed by atoms with Crippen molar-refractivity contribution in [1.29, 1.82) is 0 Å². The highest BCUT2D eigenvalue weighted by Crippen LogP contribution is 2.30. The first-order valence-electron chi connectivity index (χ1n) is 7.98. The van der Waals surface area contributed by atoms with Crippen molar-refractivity contribution in [2.24, 2.45) is 0 Å². The van der Waals surface area contributed by atoms with Gasteiger partial charge < -0.3 is 15.2 Å². The largest absolute Gasteiger partial charge is 0.508 e. The molecule has 25 heavy (non-hydrogen) atoms. The van der Waals surface area contributed by atoms with Crippen molar-refractivity contribution in [2.45, 2.75) is 0 Å². The van der Waals surface area contributed by atoms with Crippen molar-refractivity contribution in [3.63, 3.8) is 0 Å². The van der Waals surface area contributed by atoms with Gasteiger partial charge in [0.2, 0.25) is 5.78 Å². The van der Waals surface area contributed by atoms with Crippen LogP contribution in [0.5, 0.6) is 11.5 Å². The Labute approximate surface area is 150 Å². The zero-order valence-corrected chi connectivity index (χ0v) is 14.7. The lowest BCUT2D eigenvalue weighted by Gasteiger charge is -2.12. The summed E-state index contributed by atoms with van der Waals surface area (Å²) in [4.78, 5) is 13.6. The van der Waals surface area contributed by atoms with E-state index < -0.39 is 0 Å². The number of nitrogens with one attached hydrogen (secondary N) is 1. The molecule has 0 aliphatic carbocycles. The van der Waals surface area contributed by atoms with E-state index in [0.29, 0.717) is 29.3 Å². The number of phenols is 1. The third kappa shape index (κ3) is 4.07. The van der Waals surface area contributed by atoms with Crippen LogP contribution >= 0.6 is 11.3 Å². The van der Waals surface area contributed by atoms with Crippen molar-refractivity contribution < 1.29 is 14.6 Å². The zero-order valence-electron chi connectivity index (χ0n) is 13.9. The van der Waals surface area contributed by atoms with E-state index in [4.69, 9.17) is 4.74 Å². The predicted octanol–water partition coefficient (Wildman–Crippen LogP) is 3.95. The van der Waals surface area contributed by atoms with Crippen LogP contribution in [0.3, 0.4) is 0 Å². The van der Waals surface area contributed by atoms with E-state index in [1.54, 1.807) is 12.1 Å². The van der Waals surface area contributed by atoms with Gasteiger partial charge in [-0.3, -0.25) is 4.79 Å². The molecule has 0 spiro atoms. The molecule has 0 radical (unpaired) electrons. The number of carbonyl (C=O) groups excluding carboxylic acids is 1. The summed E-state index contributed by atoms with van der Waals surface area (Å²) in [5, 5.41) is 14.4. The molecule has 0 saturated heterocycles. The Balaban J connectivity index is 1.98. The molecule has 1 heterocycles. The molecule has 0 atom stereocenters. The summed E-state index contributed by atoms with van der Waals surface area (Å²) in [5.41, 5.74) is 2.38. The number of ether oxygens (including phenoxy) is 1. The number of likely N-dealkylation sites (N-methyl/N-ethyl adjacent to an activating group) is 1. The Morgan fingerprint density at radius 1 is 1.12 bits per heavy atom. The second kappa shape index (κ2) is 7.96.